The molecule has 6 nitrogen and oxygen atoms in total. The first kappa shape index (κ1) is 21.7. The first-order valence-electron chi connectivity index (χ1n) is 9.21. The molecular weight excluding hydrogens is 433 g/mol. The number of anilines is 2. The maximum absolute atomic E-state index is 13.1. The molecule has 2 aromatic carbocycles. The average molecular weight is 456 g/mol. The van der Waals surface area contributed by atoms with Crippen molar-refractivity contribution in [2.45, 2.75) is 13.0 Å². The van der Waals surface area contributed by atoms with E-state index in [1.165, 1.54) is 0 Å². The zero-order valence-corrected chi connectivity index (χ0v) is 18.6. The SMILES string of the molecule is C[C@@H](C(=O)N1CCN(c2cccc(Cl)c2)CC1)N(c1ccc(Cl)cc1)S(C)(=O)=O. The van der Waals surface area contributed by atoms with Crippen molar-refractivity contribution in [3.05, 3.63) is 58.6 Å². The van der Waals surface area contributed by atoms with Crippen LogP contribution in [0.4, 0.5) is 11.4 Å². The van der Waals surface area contributed by atoms with Crippen LogP contribution in [0.5, 0.6) is 0 Å². The van der Waals surface area contributed by atoms with E-state index in [1.54, 1.807) is 36.1 Å². The summed E-state index contributed by atoms with van der Waals surface area (Å²) in [6.45, 7) is 3.93. The van der Waals surface area contributed by atoms with Crippen LogP contribution in [0.25, 0.3) is 0 Å². The second kappa shape index (κ2) is 8.81. The Kier molecular flexibility index (Phi) is 6.61. The van der Waals surface area contributed by atoms with E-state index in [9.17, 15) is 13.2 Å². The highest BCUT2D eigenvalue weighted by atomic mass is 35.5. The molecule has 1 atom stereocenters. The van der Waals surface area contributed by atoms with Gasteiger partial charge in [0.2, 0.25) is 15.9 Å². The van der Waals surface area contributed by atoms with Gasteiger partial charge in [-0.2, -0.15) is 0 Å². The van der Waals surface area contributed by atoms with Gasteiger partial charge in [-0.1, -0.05) is 29.3 Å². The molecular formula is C20H23Cl2N3O3S. The van der Waals surface area contributed by atoms with E-state index in [0.29, 0.717) is 41.9 Å². The Hall–Kier alpha value is -1.96. The zero-order valence-electron chi connectivity index (χ0n) is 16.3. The number of hydrogen-bond acceptors (Lipinski definition) is 4. The van der Waals surface area contributed by atoms with E-state index in [4.69, 9.17) is 23.2 Å². The van der Waals surface area contributed by atoms with Crippen molar-refractivity contribution in [3.8, 4) is 0 Å². The van der Waals surface area contributed by atoms with Gasteiger partial charge in [0.25, 0.3) is 0 Å². The summed E-state index contributed by atoms with van der Waals surface area (Å²) in [5, 5.41) is 1.17. The fourth-order valence-corrected chi connectivity index (χ4v) is 4.99. The van der Waals surface area contributed by atoms with Crippen LogP contribution in [0.15, 0.2) is 48.5 Å². The number of carbonyl (C=O) groups is 1. The van der Waals surface area contributed by atoms with Crippen LogP contribution < -0.4 is 9.21 Å². The third-order valence-corrected chi connectivity index (χ3v) is 6.64. The van der Waals surface area contributed by atoms with Gasteiger partial charge in [0, 0.05) is 41.9 Å². The lowest BCUT2D eigenvalue weighted by Gasteiger charge is -2.39. The summed E-state index contributed by atoms with van der Waals surface area (Å²) in [6, 6.07) is 13.2. The highest BCUT2D eigenvalue weighted by Crippen LogP contribution is 2.25. The van der Waals surface area contributed by atoms with Crippen LogP contribution in [0.1, 0.15) is 6.92 Å². The standard InChI is InChI=1S/C20H23Cl2N3O3S/c1-15(25(29(2,27)28)18-8-6-16(21)7-9-18)20(26)24-12-10-23(11-13-24)19-5-3-4-17(22)14-19/h3-9,14-15H,10-13H2,1-2H3/t15-/m0/s1. The van der Waals surface area contributed by atoms with Crippen LogP contribution in [0, 0.1) is 0 Å². The summed E-state index contributed by atoms with van der Waals surface area (Å²) in [5.41, 5.74) is 1.42. The molecule has 1 amide bonds. The normalized spacial score (nSPS) is 15.9. The quantitative estimate of drug-likeness (QED) is 0.691. The number of piperazine rings is 1. The number of nitrogens with zero attached hydrogens (tertiary/aromatic N) is 3. The fraction of sp³-hybridized carbons (Fsp3) is 0.350. The van der Waals surface area contributed by atoms with E-state index in [-0.39, 0.29) is 5.91 Å². The van der Waals surface area contributed by atoms with E-state index < -0.39 is 16.1 Å². The number of sulfonamides is 1. The molecule has 1 aliphatic heterocycles. The van der Waals surface area contributed by atoms with E-state index in [0.717, 1.165) is 16.2 Å². The Balaban J connectivity index is 1.72. The number of benzene rings is 2. The summed E-state index contributed by atoms with van der Waals surface area (Å²) in [6.07, 6.45) is 1.10. The summed E-state index contributed by atoms with van der Waals surface area (Å²) >= 11 is 12.0. The van der Waals surface area contributed by atoms with Gasteiger partial charge in [-0.3, -0.25) is 9.10 Å². The van der Waals surface area contributed by atoms with Crippen molar-refractivity contribution in [1.29, 1.82) is 0 Å². The predicted molar refractivity (Wildman–Crippen MR) is 118 cm³/mol. The monoisotopic (exact) mass is 455 g/mol. The van der Waals surface area contributed by atoms with Crippen molar-refractivity contribution >= 4 is 50.5 Å². The first-order valence-corrected chi connectivity index (χ1v) is 11.8. The topological polar surface area (TPSA) is 60.9 Å². The average Bonchev–Trinajstić information content (AvgIpc) is 2.68. The van der Waals surface area contributed by atoms with Crippen molar-refractivity contribution in [2.75, 3.05) is 41.6 Å². The lowest BCUT2D eigenvalue weighted by Crippen LogP contribution is -2.55. The first-order chi connectivity index (χ1) is 13.7. The van der Waals surface area contributed by atoms with Crippen molar-refractivity contribution in [3.63, 3.8) is 0 Å². The second-order valence-electron chi connectivity index (χ2n) is 7.00. The Morgan fingerprint density at radius 3 is 2.17 bits per heavy atom. The molecule has 2 aromatic rings. The molecule has 1 heterocycles. The van der Waals surface area contributed by atoms with Crippen LogP contribution >= 0.6 is 23.2 Å². The Morgan fingerprint density at radius 1 is 1.00 bits per heavy atom. The number of hydrogen-bond donors (Lipinski definition) is 0. The van der Waals surface area contributed by atoms with Gasteiger partial charge < -0.3 is 9.80 Å². The molecule has 0 N–H and O–H groups in total. The minimum absolute atomic E-state index is 0.226. The lowest BCUT2D eigenvalue weighted by atomic mass is 10.2. The Morgan fingerprint density at radius 2 is 1.62 bits per heavy atom. The van der Waals surface area contributed by atoms with Gasteiger partial charge in [-0.05, 0) is 49.4 Å². The predicted octanol–water partition coefficient (Wildman–Crippen LogP) is 3.50. The molecule has 1 fully saturated rings. The Labute approximate surface area is 181 Å². The highest BCUT2D eigenvalue weighted by Gasteiger charge is 2.33. The number of rotatable bonds is 5. The third-order valence-electron chi connectivity index (χ3n) is 4.91. The van der Waals surface area contributed by atoms with Crippen LogP contribution in [-0.4, -0.2) is 57.7 Å². The van der Waals surface area contributed by atoms with Gasteiger partial charge in [-0.15, -0.1) is 0 Å². The van der Waals surface area contributed by atoms with E-state index >= 15 is 0 Å². The third kappa shape index (κ3) is 5.15. The summed E-state index contributed by atoms with van der Waals surface area (Å²) in [4.78, 5) is 16.9. The summed E-state index contributed by atoms with van der Waals surface area (Å²) in [7, 11) is -3.65. The zero-order chi connectivity index (χ0) is 21.2. The molecule has 0 saturated carbocycles. The largest absolute Gasteiger partial charge is 0.368 e. The van der Waals surface area contributed by atoms with Gasteiger partial charge in [0.15, 0.2) is 0 Å². The minimum Gasteiger partial charge on any atom is -0.368 e. The van der Waals surface area contributed by atoms with Gasteiger partial charge >= 0.3 is 0 Å². The van der Waals surface area contributed by atoms with Gasteiger partial charge in [-0.25, -0.2) is 8.42 Å². The lowest BCUT2D eigenvalue weighted by molar-refractivity contribution is -0.132. The molecule has 29 heavy (non-hydrogen) atoms. The number of halogens is 2. The molecule has 3 rings (SSSR count). The van der Waals surface area contributed by atoms with Gasteiger partial charge in [0.1, 0.15) is 6.04 Å². The molecule has 0 unspecified atom stereocenters. The molecule has 0 aliphatic carbocycles. The number of amides is 1. The number of carbonyl (C=O) groups excluding carboxylic acids is 1. The van der Waals surface area contributed by atoms with Crippen LogP contribution in [0.2, 0.25) is 10.0 Å². The molecule has 156 valence electrons. The van der Waals surface area contributed by atoms with Crippen molar-refractivity contribution in [2.24, 2.45) is 0 Å². The molecule has 0 spiro atoms. The maximum Gasteiger partial charge on any atom is 0.246 e. The summed E-state index contributed by atoms with van der Waals surface area (Å²) < 4.78 is 26.0. The highest BCUT2D eigenvalue weighted by molar-refractivity contribution is 7.92. The molecule has 1 aliphatic rings. The smallest absolute Gasteiger partial charge is 0.246 e. The van der Waals surface area contributed by atoms with Crippen molar-refractivity contribution in [1.82, 2.24) is 4.90 Å². The van der Waals surface area contributed by atoms with Crippen LogP contribution in [-0.2, 0) is 14.8 Å². The van der Waals surface area contributed by atoms with Crippen LogP contribution in [0.3, 0.4) is 0 Å². The Bertz CT molecular complexity index is 975. The van der Waals surface area contributed by atoms with E-state index in [2.05, 4.69) is 4.90 Å². The molecule has 0 bridgehead atoms. The molecule has 0 aromatic heterocycles. The summed E-state index contributed by atoms with van der Waals surface area (Å²) in [5.74, 6) is -0.226. The molecule has 1 saturated heterocycles. The minimum atomic E-state index is -3.65. The molecule has 9 heteroatoms. The fourth-order valence-electron chi connectivity index (χ4n) is 3.51. The molecule has 0 radical (unpaired) electrons. The van der Waals surface area contributed by atoms with Gasteiger partial charge in [0.05, 0.1) is 11.9 Å². The van der Waals surface area contributed by atoms with E-state index in [1.807, 2.05) is 24.3 Å². The maximum atomic E-state index is 13.1. The second-order valence-corrected chi connectivity index (χ2v) is 9.74. The van der Waals surface area contributed by atoms with Crippen molar-refractivity contribution < 1.29 is 13.2 Å².